The van der Waals surface area contributed by atoms with Gasteiger partial charge in [0.15, 0.2) is 5.75 Å². The van der Waals surface area contributed by atoms with Crippen molar-refractivity contribution < 1.29 is 28.6 Å². The highest BCUT2D eigenvalue weighted by atomic mass is 35.5. The van der Waals surface area contributed by atoms with Crippen LogP contribution in [0.1, 0.15) is 27.2 Å². The highest BCUT2D eigenvalue weighted by Gasteiger charge is 2.24. The fourth-order valence-electron chi connectivity index (χ4n) is 5.47. The Labute approximate surface area is 294 Å². The second-order valence-corrected chi connectivity index (χ2v) is 12.0. The van der Waals surface area contributed by atoms with E-state index < -0.39 is 11.8 Å². The number of carbonyl (C=O) groups is 3. The zero-order chi connectivity index (χ0) is 35.1. The first-order chi connectivity index (χ1) is 23.6. The van der Waals surface area contributed by atoms with Crippen LogP contribution in [0.3, 0.4) is 0 Å². The number of nitrogens with one attached hydrogen (secondary N) is 2. The van der Waals surface area contributed by atoms with Crippen LogP contribution in [0, 0.1) is 6.92 Å². The van der Waals surface area contributed by atoms with Crippen LogP contribution >= 0.6 is 23.2 Å². The maximum Gasteiger partial charge on any atom is 0.254 e. The van der Waals surface area contributed by atoms with Gasteiger partial charge in [0.1, 0.15) is 12.4 Å². The van der Waals surface area contributed by atoms with Crippen LogP contribution in [0.4, 0.5) is 11.4 Å². The molecule has 3 amide bonds. The molecular weight excluding hydrogens is 669 g/mol. The number of para-hydroxylation sites is 1. The summed E-state index contributed by atoms with van der Waals surface area (Å²) < 4.78 is 17.3. The van der Waals surface area contributed by atoms with Gasteiger partial charge in [-0.3, -0.25) is 14.4 Å². The number of morpholine rings is 1. The van der Waals surface area contributed by atoms with Crippen LogP contribution in [0.5, 0.6) is 11.5 Å². The molecule has 0 bridgehead atoms. The predicted molar refractivity (Wildman–Crippen MR) is 192 cm³/mol. The number of rotatable bonds is 11. The fourth-order valence-corrected chi connectivity index (χ4v) is 6.08. The number of methoxy groups -OCH3 is 1. The zero-order valence-electron chi connectivity index (χ0n) is 27.6. The summed E-state index contributed by atoms with van der Waals surface area (Å²) >= 11 is 13.5. The molecule has 1 aliphatic rings. The molecule has 5 rings (SSSR count). The van der Waals surface area contributed by atoms with E-state index in [-0.39, 0.29) is 24.1 Å². The molecule has 1 saturated heterocycles. The Balaban J connectivity index is 1.28. The van der Waals surface area contributed by atoms with E-state index >= 15 is 0 Å². The minimum Gasteiger partial charge on any atom is -0.496 e. The van der Waals surface area contributed by atoms with Crippen molar-refractivity contribution in [3.63, 3.8) is 0 Å². The van der Waals surface area contributed by atoms with E-state index in [4.69, 9.17) is 42.4 Å². The number of ether oxygens (including phenoxy) is 3. The second-order valence-electron chi connectivity index (χ2n) is 11.2. The van der Waals surface area contributed by atoms with Gasteiger partial charge in [-0.2, -0.15) is 0 Å². The minimum atomic E-state index is -0.483. The molecule has 0 saturated carbocycles. The summed E-state index contributed by atoms with van der Waals surface area (Å²) in [7, 11) is 4.55. The molecule has 0 radical (unpaired) electrons. The predicted octanol–water partition coefficient (Wildman–Crippen LogP) is 5.43. The number of aromatic nitrogens is 1. The summed E-state index contributed by atoms with van der Waals surface area (Å²) in [4.78, 5) is 46.1. The molecule has 3 aromatic carbocycles. The van der Waals surface area contributed by atoms with Crippen molar-refractivity contribution in [3.05, 3.63) is 93.1 Å². The summed E-state index contributed by atoms with van der Waals surface area (Å²) in [5.41, 5.74) is 4.45. The summed E-state index contributed by atoms with van der Waals surface area (Å²) in [5, 5.41) is 6.75. The van der Waals surface area contributed by atoms with E-state index in [9.17, 15) is 14.4 Å². The molecule has 0 atom stereocenters. The van der Waals surface area contributed by atoms with Gasteiger partial charge in [0.2, 0.25) is 11.8 Å². The Morgan fingerprint density at radius 3 is 2.57 bits per heavy atom. The van der Waals surface area contributed by atoms with Gasteiger partial charge in [-0.25, -0.2) is 4.98 Å². The third-order valence-electron chi connectivity index (χ3n) is 8.12. The van der Waals surface area contributed by atoms with Gasteiger partial charge in [-0.15, -0.1) is 0 Å². The number of anilines is 2. The molecule has 49 heavy (non-hydrogen) atoms. The van der Waals surface area contributed by atoms with E-state index in [0.29, 0.717) is 65.2 Å². The molecule has 11 nitrogen and oxygen atoms in total. The molecule has 0 aliphatic carbocycles. The molecule has 0 spiro atoms. The lowest BCUT2D eigenvalue weighted by Gasteiger charge is -2.32. The standard InChI is InChI=1S/C36H37Cl2N5O6/c1-22-35(34(43-15-17-48-18-16-43)24-7-5-6-8-28(24)41-22)49-21-26-27(37)12-13-29(33(26)38)42(3)32(45)20-40-31(44)14-10-23-9-11-25(36(46)39-2)30(19-23)47-4/h5-14,19H,15-18,20-21H2,1-4H3,(H,39,46)(H,40,44)/b14-10+. The first-order valence-corrected chi connectivity index (χ1v) is 16.3. The van der Waals surface area contributed by atoms with E-state index in [1.54, 1.807) is 43.5 Å². The number of amides is 3. The summed E-state index contributed by atoms with van der Waals surface area (Å²) in [6.45, 7) is 4.28. The monoisotopic (exact) mass is 705 g/mol. The highest BCUT2D eigenvalue weighted by Crippen LogP contribution is 2.40. The van der Waals surface area contributed by atoms with Crippen molar-refractivity contribution in [2.24, 2.45) is 0 Å². The maximum atomic E-state index is 13.1. The number of pyridine rings is 1. The normalized spacial score (nSPS) is 13.0. The Morgan fingerprint density at radius 2 is 1.84 bits per heavy atom. The Bertz CT molecular complexity index is 1910. The maximum absolute atomic E-state index is 13.1. The van der Waals surface area contributed by atoms with E-state index in [0.717, 1.165) is 22.3 Å². The SMILES string of the molecule is CNC(=O)c1ccc(/C=C/C(=O)NCC(=O)N(C)c2ccc(Cl)c(COc3c(C)nc4ccccc4c3N3CCOCC3)c2Cl)cc1OC. The molecule has 2 heterocycles. The largest absolute Gasteiger partial charge is 0.496 e. The average molecular weight is 707 g/mol. The smallest absolute Gasteiger partial charge is 0.254 e. The molecule has 1 fully saturated rings. The van der Waals surface area contributed by atoms with Crippen LogP contribution in [-0.2, 0) is 20.9 Å². The second kappa shape index (κ2) is 16.0. The van der Waals surface area contributed by atoms with Crippen molar-refractivity contribution >= 4 is 69.3 Å². The van der Waals surface area contributed by atoms with Gasteiger partial charge in [-0.05, 0) is 48.9 Å². The molecular formula is C36H37Cl2N5O6. The first kappa shape index (κ1) is 35.5. The molecule has 1 aliphatic heterocycles. The van der Waals surface area contributed by atoms with Gasteiger partial charge in [0.05, 0.1) is 60.0 Å². The van der Waals surface area contributed by atoms with Crippen molar-refractivity contribution in [2.45, 2.75) is 13.5 Å². The third-order valence-corrected chi connectivity index (χ3v) is 8.89. The quantitative estimate of drug-likeness (QED) is 0.198. The van der Waals surface area contributed by atoms with Crippen LogP contribution < -0.4 is 29.9 Å². The van der Waals surface area contributed by atoms with Crippen LogP contribution in [0.25, 0.3) is 17.0 Å². The van der Waals surface area contributed by atoms with Gasteiger partial charge in [-0.1, -0.05) is 47.5 Å². The first-order valence-electron chi connectivity index (χ1n) is 15.6. The lowest BCUT2D eigenvalue weighted by molar-refractivity contribution is -0.122. The van der Waals surface area contributed by atoms with Gasteiger partial charge < -0.3 is 34.6 Å². The number of likely N-dealkylation sites (N-methyl/N-ethyl adjacent to an activating group) is 1. The van der Waals surface area contributed by atoms with Crippen molar-refractivity contribution in [2.75, 3.05) is 63.9 Å². The number of hydrogen-bond acceptors (Lipinski definition) is 8. The number of hydrogen-bond donors (Lipinski definition) is 2. The van der Waals surface area contributed by atoms with E-state index in [2.05, 4.69) is 15.5 Å². The lowest BCUT2D eigenvalue weighted by atomic mass is 10.1. The van der Waals surface area contributed by atoms with Crippen molar-refractivity contribution in [1.82, 2.24) is 15.6 Å². The van der Waals surface area contributed by atoms with Crippen molar-refractivity contribution in [3.8, 4) is 11.5 Å². The Kier molecular flexibility index (Phi) is 11.6. The minimum absolute atomic E-state index is 0.0299. The highest BCUT2D eigenvalue weighted by molar-refractivity contribution is 6.38. The molecule has 4 aromatic rings. The number of nitrogens with zero attached hydrogens (tertiary/aromatic N) is 3. The molecule has 1 aromatic heterocycles. The van der Waals surface area contributed by atoms with E-state index in [1.807, 2.05) is 31.2 Å². The average Bonchev–Trinajstić information content (AvgIpc) is 3.12. The Hall–Kier alpha value is -4.84. The van der Waals surface area contributed by atoms with Crippen molar-refractivity contribution in [1.29, 1.82) is 0 Å². The van der Waals surface area contributed by atoms with E-state index in [1.165, 1.54) is 25.1 Å². The number of benzene rings is 3. The van der Waals surface area contributed by atoms with Gasteiger partial charge in [0.25, 0.3) is 5.91 Å². The van der Waals surface area contributed by atoms with Crippen LogP contribution in [-0.4, -0.2) is 76.8 Å². The fraction of sp³-hybridized carbons (Fsp3) is 0.278. The Morgan fingerprint density at radius 1 is 1.08 bits per heavy atom. The summed E-state index contributed by atoms with van der Waals surface area (Å²) in [6, 6.07) is 16.2. The number of carbonyl (C=O) groups excluding carboxylic acids is 3. The molecule has 2 N–H and O–H groups in total. The number of fused-ring (bicyclic) bond motifs is 1. The third kappa shape index (κ3) is 8.07. The molecule has 256 valence electrons. The zero-order valence-corrected chi connectivity index (χ0v) is 29.2. The number of aryl methyl sites for hydroxylation is 1. The topological polar surface area (TPSA) is 122 Å². The number of halogens is 2. The molecule has 13 heteroatoms. The summed E-state index contributed by atoms with van der Waals surface area (Å²) in [5.74, 6) is -0.186. The lowest BCUT2D eigenvalue weighted by Crippen LogP contribution is -2.37. The van der Waals surface area contributed by atoms with Gasteiger partial charge in [0, 0.05) is 49.2 Å². The van der Waals surface area contributed by atoms with Gasteiger partial charge >= 0.3 is 0 Å². The summed E-state index contributed by atoms with van der Waals surface area (Å²) in [6.07, 6.45) is 2.85. The van der Waals surface area contributed by atoms with Crippen LogP contribution in [0.15, 0.2) is 60.7 Å². The van der Waals surface area contributed by atoms with Crippen LogP contribution in [0.2, 0.25) is 10.0 Å². The molecule has 0 unspecified atom stereocenters.